The fourth-order valence-corrected chi connectivity index (χ4v) is 7.23. The minimum atomic E-state index is -3.71. The zero-order valence-corrected chi connectivity index (χ0v) is 21.9. The van der Waals surface area contributed by atoms with Gasteiger partial charge in [0.15, 0.2) is 5.76 Å². The number of aliphatic carboxylic acids is 1. The first-order chi connectivity index (χ1) is 18.2. The van der Waals surface area contributed by atoms with E-state index < -0.39 is 26.8 Å². The molecule has 2 aliphatic rings. The van der Waals surface area contributed by atoms with E-state index >= 15 is 0 Å². The van der Waals surface area contributed by atoms with Gasteiger partial charge >= 0.3 is 5.97 Å². The van der Waals surface area contributed by atoms with Gasteiger partial charge in [-0.15, -0.1) is 0 Å². The van der Waals surface area contributed by atoms with E-state index in [1.807, 2.05) is 66.7 Å². The Morgan fingerprint density at radius 1 is 0.921 bits per heavy atom. The monoisotopic (exact) mass is 548 g/mol. The molecule has 0 radical (unpaired) electrons. The van der Waals surface area contributed by atoms with Gasteiger partial charge in [-0.3, -0.25) is 9.52 Å². The molecule has 2 N–H and O–H groups in total. The van der Waals surface area contributed by atoms with Crippen molar-refractivity contribution in [2.75, 3.05) is 10.5 Å². The van der Waals surface area contributed by atoms with Crippen LogP contribution in [-0.4, -0.2) is 30.4 Å². The molecule has 0 atom stereocenters. The summed E-state index contributed by atoms with van der Waals surface area (Å²) in [6.07, 6.45) is 4.22. The number of rotatable bonds is 9. The van der Waals surface area contributed by atoms with Crippen LogP contribution in [0.1, 0.15) is 36.8 Å². The standard InChI is InChI=1S/C29H25ClN2O5S/c30-24-4-2-1-3-23(24)28(13-14-28)18-38(35,36)32-25-17-31-37-26(25)21-7-5-19(6-8-21)20-9-11-22(12-10-20)29(15-16-29)27(33)34/h1-12,17,32H,13-16,18H2,(H,33,34). The summed E-state index contributed by atoms with van der Waals surface area (Å²) in [5, 5.41) is 13.9. The van der Waals surface area contributed by atoms with Gasteiger partial charge in [0.25, 0.3) is 0 Å². The van der Waals surface area contributed by atoms with Crippen LogP contribution in [0.15, 0.2) is 83.5 Å². The van der Waals surface area contributed by atoms with Gasteiger partial charge in [0.1, 0.15) is 5.69 Å². The first kappa shape index (κ1) is 24.7. The Balaban J connectivity index is 1.19. The summed E-state index contributed by atoms with van der Waals surface area (Å²) in [4.78, 5) is 11.6. The van der Waals surface area contributed by atoms with Crippen molar-refractivity contribution in [3.8, 4) is 22.5 Å². The molecule has 1 aromatic heterocycles. The molecule has 0 amide bonds. The molecule has 38 heavy (non-hydrogen) atoms. The summed E-state index contributed by atoms with van der Waals surface area (Å²) in [5.74, 6) is -0.522. The number of hydrogen-bond acceptors (Lipinski definition) is 5. The number of carboxylic acid groups (broad SMARTS) is 1. The number of hydrogen-bond donors (Lipinski definition) is 2. The Bertz CT molecular complexity index is 1620. The van der Waals surface area contributed by atoms with Gasteiger partial charge in [-0.2, -0.15) is 0 Å². The van der Waals surface area contributed by atoms with Crippen LogP contribution in [0.4, 0.5) is 5.69 Å². The summed E-state index contributed by atoms with van der Waals surface area (Å²) in [6.45, 7) is 0. The van der Waals surface area contributed by atoms with Crippen LogP contribution in [0.2, 0.25) is 5.02 Å². The van der Waals surface area contributed by atoms with E-state index in [0.29, 0.717) is 29.2 Å². The number of halogens is 1. The molecular formula is C29H25ClN2O5S. The summed E-state index contributed by atoms with van der Waals surface area (Å²) >= 11 is 6.36. The first-order valence-electron chi connectivity index (χ1n) is 12.4. The van der Waals surface area contributed by atoms with Gasteiger partial charge in [0.2, 0.25) is 10.0 Å². The predicted molar refractivity (Wildman–Crippen MR) is 146 cm³/mol. The summed E-state index contributed by atoms with van der Waals surface area (Å²) in [7, 11) is -3.71. The summed E-state index contributed by atoms with van der Waals surface area (Å²) in [6, 6.07) is 22.5. The molecule has 0 aliphatic heterocycles. The van der Waals surface area contributed by atoms with Gasteiger partial charge in [0.05, 0.1) is 17.4 Å². The highest BCUT2D eigenvalue weighted by molar-refractivity contribution is 7.92. The Kier molecular flexibility index (Phi) is 5.85. The number of nitrogens with one attached hydrogen (secondary N) is 1. The number of aromatic nitrogens is 1. The third-order valence-electron chi connectivity index (χ3n) is 7.68. The van der Waals surface area contributed by atoms with Crippen molar-refractivity contribution in [2.45, 2.75) is 36.5 Å². The Labute approximate surface area is 225 Å². The van der Waals surface area contributed by atoms with Crippen LogP contribution in [0.5, 0.6) is 0 Å². The second kappa shape index (κ2) is 8.99. The predicted octanol–water partition coefficient (Wildman–Crippen LogP) is 6.25. The van der Waals surface area contributed by atoms with E-state index in [-0.39, 0.29) is 11.4 Å². The van der Waals surface area contributed by atoms with E-state index in [0.717, 1.165) is 35.1 Å². The fraction of sp³-hybridized carbons (Fsp3) is 0.241. The van der Waals surface area contributed by atoms with Crippen LogP contribution in [0.3, 0.4) is 0 Å². The molecular weight excluding hydrogens is 524 g/mol. The van der Waals surface area contributed by atoms with Gasteiger partial charge in [0, 0.05) is 16.0 Å². The SMILES string of the molecule is O=C(O)C1(c2ccc(-c3ccc(-c4oncc4NS(=O)(=O)CC4(c5ccccc5Cl)CC4)cc3)cc2)CC1. The molecule has 0 unspecified atom stereocenters. The summed E-state index contributed by atoms with van der Waals surface area (Å²) in [5.41, 5.74) is 3.32. The molecule has 9 heteroatoms. The lowest BCUT2D eigenvalue weighted by Crippen LogP contribution is -2.26. The topological polar surface area (TPSA) is 110 Å². The molecule has 2 fully saturated rings. The molecule has 6 rings (SSSR count). The lowest BCUT2D eigenvalue weighted by molar-refractivity contribution is -0.140. The van der Waals surface area contributed by atoms with Crippen molar-refractivity contribution >= 4 is 33.3 Å². The van der Waals surface area contributed by atoms with Gasteiger partial charge in [-0.05, 0) is 54.0 Å². The molecule has 7 nitrogen and oxygen atoms in total. The highest BCUT2D eigenvalue weighted by Crippen LogP contribution is 2.51. The molecule has 4 aromatic rings. The first-order valence-corrected chi connectivity index (χ1v) is 14.4. The van der Waals surface area contributed by atoms with Crippen LogP contribution in [0, 0.1) is 0 Å². The molecule has 0 spiro atoms. The smallest absolute Gasteiger partial charge is 0.314 e. The van der Waals surface area contributed by atoms with Crippen LogP contribution in [0.25, 0.3) is 22.5 Å². The lowest BCUT2D eigenvalue weighted by Gasteiger charge is -2.18. The average Bonchev–Trinajstić information content (AvgIpc) is 3.82. The quantitative estimate of drug-likeness (QED) is 0.256. The second-order valence-corrected chi connectivity index (χ2v) is 12.4. The van der Waals surface area contributed by atoms with Crippen molar-refractivity contribution in [1.29, 1.82) is 0 Å². The number of carboxylic acids is 1. The van der Waals surface area contributed by atoms with Crippen LogP contribution in [-0.2, 0) is 25.6 Å². The number of anilines is 1. The minimum absolute atomic E-state index is 0.0769. The van der Waals surface area contributed by atoms with Crippen molar-refractivity contribution < 1.29 is 22.8 Å². The van der Waals surface area contributed by atoms with Gasteiger partial charge < -0.3 is 9.63 Å². The fourth-order valence-electron chi connectivity index (χ4n) is 5.17. The largest absolute Gasteiger partial charge is 0.481 e. The number of nitrogens with zero attached hydrogens (tertiary/aromatic N) is 1. The highest BCUT2D eigenvalue weighted by atomic mass is 35.5. The zero-order chi connectivity index (χ0) is 26.5. The highest BCUT2D eigenvalue weighted by Gasteiger charge is 2.51. The number of benzene rings is 3. The maximum absolute atomic E-state index is 13.1. The van der Waals surface area contributed by atoms with E-state index in [1.54, 1.807) is 6.07 Å². The number of sulfonamides is 1. The molecule has 2 saturated carbocycles. The molecule has 0 saturated heterocycles. The van der Waals surface area contributed by atoms with Crippen LogP contribution < -0.4 is 4.72 Å². The van der Waals surface area contributed by atoms with E-state index in [1.165, 1.54) is 6.20 Å². The Morgan fingerprint density at radius 2 is 1.53 bits per heavy atom. The maximum atomic E-state index is 13.1. The molecule has 0 bridgehead atoms. The maximum Gasteiger partial charge on any atom is 0.314 e. The third kappa shape index (κ3) is 4.48. The van der Waals surface area contributed by atoms with Crippen molar-refractivity contribution in [3.63, 3.8) is 0 Å². The van der Waals surface area contributed by atoms with E-state index in [2.05, 4.69) is 9.88 Å². The molecule has 3 aromatic carbocycles. The molecule has 2 aliphatic carbocycles. The summed E-state index contributed by atoms with van der Waals surface area (Å²) < 4.78 is 34.4. The van der Waals surface area contributed by atoms with Crippen molar-refractivity contribution in [3.05, 3.63) is 95.1 Å². The Hall–Kier alpha value is -3.62. The van der Waals surface area contributed by atoms with E-state index in [9.17, 15) is 18.3 Å². The second-order valence-electron chi connectivity index (χ2n) is 10.2. The average molecular weight is 549 g/mol. The third-order valence-corrected chi connectivity index (χ3v) is 9.47. The van der Waals surface area contributed by atoms with Crippen molar-refractivity contribution in [2.24, 2.45) is 0 Å². The normalized spacial score (nSPS) is 17.1. The molecule has 1 heterocycles. The number of carbonyl (C=O) groups is 1. The van der Waals surface area contributed by atoms with Gasteiger partial charge in [-0.25, -0.2) is 8.42 Å². The van der Waals surface area contributed by atoms with Crippen molar-refractivity contribution in [1.82, 2.24) is 5.16 Å². The lowest BCUT2D eigenvalue weighted by atomic mass is 9.93. The Morgan fingerprint density at radius 3 is 2.11 bits per heavy atom. The minimum Gasteiger partial charge on any atom is -0.481 e. The van der Waals surface area contributed by atoms with E-state index in [4.69, 9.17) is 16.1 Å². The van der Waals surface area contributed by atoms with Gasteiger partial charge in [-0.1, -0.05) is 83.5 Å². The van der Waals surface area contributed by atoms with Crippen LogP contribution >= 0.6 is 11.6 Å². The zero-order valence-electron chi connectivity index (χ0n) is 20.4. The molecule has 194 valence electrons.